The van der Waals surface area contributed by atoms with Gasteiger partial charge in [0.1, 0.15) is 11.6 Å². The number of unbranched alkanes of at least 4 members (excludes halogenated alkanes) is 1. The summed E-state index contributed by atoms with van der Waals surface area (Å²) < 4.78 is 32.6. The lowest BCUT2D eigenvalue weighted by molar-refractivity contribution is -0.130. The quantitative estimate of drug-likeness (QED) is 0.562. The first-order chi connectivity index (χ1) is 12.8. The van der Waals surface area contributed by atoms with E-state index in [-0.39, 0.29) is 35.9 Å². The summed E-state index contributed by atoms with van der Waals surface area (Å²) in [6.45, 7) is 4.30. The molecule has 0 aromatic heterocycles. The third-order valence-corrected chi connectivity index (χ3v) is 4.97. The number of carbonyl (C=O) groups is 2. The van der Waals surface area contributed by atoms with Crippen molar-refractivity contribution in [2.45, 2.75) is 50.9 Å². The van der Waals surface area contributed by atoms with Gasteiger partial charge in [0.05, 0.1) is 12.6 Å². The van der Waals surface area contributed by atoms with E-state index in [0.717, 1.165) is 31.0 Å². The van der Waals surface area contributed by atoms with Gasteiger partial charge < -0.3 is 14.5 Å². The molecule has 1 aromatic carbocycles. The van der Waals surface area contributed by atoms with Gasteiger partial charge in [0.2, 0.25) is 5.91 Å². The molecule has 150 valence electrons. The van der Waals surface area contributed by atoms with Gasteiger partial charge in [0.15, 0.2) is 0 Å². The average Bonchev–Trinajstić information content (AvgIpc) is 2.98. The highest BCUT2D eigenvalue weighted by molar-refractivity contribution is 7.81. The first-order valence-corrected chi connectivity index (χ1v) is 9.64. The van der Waals surface area contributed by atoms with Crippen molar-refractivity contribution in [2.75, 3.05) is 19.7 Å². The standard InChI is InChI=1S/C19H26F2N2O3S/c1-3-4-7-26-19(25)23-12-17(27)9-16(23)11-22(13(2)24)10-14-8-15(20)5-6-18(14)21/h5-6,8,16-17,27H,3-4,7,9-12H2,1-2H3/t16-,17+/m0/s1. The van der Waals surface area contributed by atoms with Crippen molar-refractivity contribution in [3.8, 4) is 0 Å². The van der Waals surface area contributed by atoms with Crippen LogP contribution in [0.4, 0.5) is 13.6 Å². The predicted octanol–water partition coefficient (Wildman–Crippen LogP) is 3.62. The second kappa shape index (κ2) is 9.92. The van der Waals surface area contributed by atoms with Gasteiger partial charge in [0.25, 0.3) is 0 Å². The lowest BCUT2D eigenvalue weighted by Gasteiger charge is -2.30. The molecule has 0 aliphatic carbocycles. The van der Waals surface area contributed by atoms with Crippen molar-refractivity contribution < 1.29 is 23.1 Å². The van der Waals surface area contributed by atoms with Crippen molar-refractivity contribution in [1.29, 1.82) is 0 Å². The van der Waals surface area contributed by atoms with Gasteiger partial charge in [-0.15, -0.1) is 0 Å². The second-order valence-corrected chi connectivity index (χ2v) is 7.53. The third kappa shape index (κ3) is 6.09. The number of amides is 2. The van der Waals surface area contributed by atoms with Crippen molar-refractivity contribution in [3.63, 3.8) is 0 Å². The van der Waals surface area contributed by atoms with Crippen LogP contribution in [0.1, 0.15) is 38.7 Å². The van der Waals surface area contributed by atoms with Gasteiger partial charge >= 0.3 is 6.09 Å². The Morgan fingerprint density at radius 1 is 1.37 bits per heavy atom. The van der Waals surface area contributed by atoms with Crippen LogP contribution < -0.4 is 0 Å². The molecule has 0 unspecified atom stereocenters. The molecule has 2 rings (SSSR count). The fraction of sp³-hybridized carbons (Fsp3) is 0.579. The predicted molar refractivity (Wildman–Crippen MR) is 102 cm³/mol. The van der Waals surface area contributed by atoms with Crippen molar-refractivity contribution in [1.82, 2.24) is 9.80 Å². The molecule has 1 saturated heterocycles. The summed E-state index contributed by atoms with van der Waals surface area (Å²) >= 11 is 4.46. The molecule has 1 fully saturated rings. The smallest absolute Gasteiger partial charge is 0.410 e. The summed E-state index contributed by atoms with van der Waals surface area (Å²) in [6, 6.07) is 2.88. The summed E-state index contributed by atoms with van der Waals surface area (Å²) in [5, 5.41) is -0.0200. The number of benzene rings is 1. The molecular weight excluding hydrogens is 374 g/mol. The minimum Gasteiger partial charge on any atom is -0.449 e. The van der Waals surface area contributed by atoms with E-state index in [1.165, 1.54) is 11.8 Å². The van der Waals surface area contributed by atoms with Crippen LogP contribution in [0.2, 0.25) is 0 Å². The number of ether oxygens (including phenoxy) is 1. The van der Waals surface area contributed by atoms with Gasteiger partial charge in [-0.3, -0.25) is 4.79 Å². The molecule has 27 heavy (non-hydrogen) atoms. The fourth-order valence-electron chi connectivity index (χ4n) is 3.10. The zero-order valence-corrected chi connectivity index (χ0v) is 16.6. The van der Waals surface area contributed by atoms with Crippen LogP contribution >= 0.6 is 12.6 Å². The van der Waals surface area contributed by atoms with E-state index in [0.29, 0.717) is 19.6 Å². The Kier molecular flexibility index (Phi) is 7.89. The van der Waals surface area contributed by atoms with Crippen LogP contribution in [0.3, 0.4) is 0 Å². The normalized spacial score (nSPS) is 19.2. The van der Waals surface area contributed by atoms with E-state index >= 15 is 0 Å². The van der Waals surface area contributed by atoms with E-state index in [1.807, 2.05) is 6.92 Å². The number of likely N-dealkylation sites (tertiary alicyclic amines) is 1. The monoisotopic (exact) mass is 400 g/mol. The number of thiol groups is 1. The maximum Gasteiger partial charge on any atom is 0.410 e. The Bertz CT molecular complexity index is 674. The van der Waals surface area contributed by atoms with Crippen LogP contribution in [-0.2, 0) is 16.1 Å². The average molecular weight is 400 g/mol. The Balaban J connectivity index is 2.07. The van der Waals surface area contributed by atoms with Gasteiger partial charge in [-0.1, -0.05) is 13.3 Å². The highest BCUT2D eigenvalue weighted by Crippen LogP contribution is 2.24. The highest BCUT2D eigenvalue weighted by atomic mass is 32.1. The van der Waals surface area contributed by atoms with Crippen LogP contribution in [0, 0.1) is 11.6 Å². The molecule has 1 aliphatic rings. The summed E-state index contributed by atoms with van der Waals surface area (Å²) in [7, 11) is 0. The molecule has 1 heterocycles. The van der Waals surface area contributed by atoms with Crippen LogP contribution in [0.25, 0.3) is 0 Å². The van der Waals surface area contributed by atoms with E-state index < -0.39 is 17.7 Å². The lowest BCUT2D eigenvalue weighted by atomic mass is 10.1. The first kappa shape index (κ1) is 21.5. The number of rotatable bonds is 7. The van der Waals surface area contributed by atoms with Gasteiger partial charge in [-0.2, -0.15) is 12.6 Å². The van der Waals surface area contributed by atoms with Gasteiger partial charge in [0, 0.05) is 37.4 Å². The summed E-state index contributed by atoms with van der Waals surface area (Å²) in [6.07, 6.45) is 1.88. The SMILES string of the molecule is CCCCOC(=O)N1C[C@H](S)C[C@H]1CN(Cc1cc(F)ccc1F)C(C)=O. The maximum absolute atomic E-state index is 13.9. The highest BCUT2D eigenvalue weighted by Gasteiger charge is 2.36. The summed E-state index contributed by atoms with van der Waals surface area (Å²) in [4.78, 5) is 27.4. The summed E-state index contributed by atoms with van der Waals surface area (Å²) in [5.74, 6) is -1.41. The van der Waals surface area contributed by atoms with Crippen LogP contribution in [0.5, 0.6) is 0 Å². The van der Waals surface area contributed by atoms with E-state index in [2.05, 4.69) is 12.6 Å². The van der Waals surface area contributed by atoms with Gasteiger partial charge in [-0.05, 0) is 31.0 Å². The molecule has 0 bridgehead atoms. The molecule has 2 amide bonds. The lowest BCUT2D eigenvalue weighted by Crippen LogP contribution is -2.44. The molecule has 2 atom stereocenters. The van der Waals surface area contributed by atoms with Crippen molar-refractivity contribution in [3.05, 3.63) is 35.4 Å². The zero-order chi connectivity index (χ0) is 20.0. The second-order valence-electron chi connectivity index (χ2n) is 6.80. The maximum atomic E-state index is 13.9. The topological polar surface area (TPSA) is 49.9 Å². The van der Waals surface area contributed by atoms with Gasteiger partial charge in [-0.25, -0.2) is 13.6 Å². The Morgan fingerprint density at radius 2 is 2.11 bits per heavy atom. The number of hydrogen-bond acceptors (Lipinski definition) is 4. The van der Waals surface area contributed by atoms with E-state index in [4.69, 9.17) is 4.74 Å². The van der Waals surface area contributed by atoms with E-state index in [9.17, 15) is 18.4 Å². The minimum atomic E-state index is -0.572. The molecule has 0 saturated carbocycles. The summed E-state index contributed by atoms with van der Waals surface area (Å²) in [5.41, 5.74) is 0.0997. The molecule has 5 nitrogen and oxygen atoms in total. The number of halogens is 2. The molecule has 1 aromatic rings. The molecule has 1 aliphatic heterocycles. The fourth-order valence-corrected chi connectivity index (χ4v) is 3.52. The zero-order valence-electron chi connectivity index (χ0n) is 15.7. The first-order valence-electron chi connectivity index (χ1n) is 9.12. The Labute approximate surface area is 164 Å². The van der Waals surface area contributed by atoms with Crippen molar-refractivity contribution >= 4 is 24.6 Å². The van der Waals surface area contributed by atoms with Crippen LogP contribution in [-0.4, -0.2) is 52.8 Å². The number of hydrogen-bond donors (Lipinski definition) is 1. The number of nitrogens with zero attached hydrogens (tertiary/aromatic N) is 2. The molecule has 0 N–H and O–H groups in total. The number of carbonyl (C=O) groups excluding carboxylic acids is 2. The Hall–Kier alpha value is -1.83. The molecular formula is C19H26F2N2O3S. The third-order valence-electron chi connectivity index (χ3n) is 4.60. The van der Waals surface area contributed by atoms with Crippen LogP contribution in [0.15, 0.2) is 18.2 Å². The van der Waals surface area contributed by atoms with Crippen molar-refractivity contribution in [2.24, 2.45) is 0 Å². The largest absolute Gasteiger partial charge is 0.449 e. The van der Waals surface area contributed by atoms with E-state index in [1.54, 1.807) is 4.90 Å². The molecule has 0 radical (unpaired) electrons. The molecule has 0 spiro atoms. The molecule has 8 heteroatoms. The minimum absolute atomic E-state index is 0.0200. The Morgan fingerprint density at radius 3 is 2.78 bits per heavy atom.